The Hall–Kier alpha value is -0.570. The molecule has 0 aliphatic heterocycles. The summed E-state index contributed by atoms with van der Waals surface area (Å²) in [5, 5.41) is 1.92. The second-order valence-electron chi connectivity index (χ2n) is 4.36. The van der Waals surface area contributed by atoms with Crippen LogP contribution in [0.15, 0.2) is 24.3 Å². The van der Waals surface area contributed by atoms with E-state index in [4.69, 9.17) is 23.2 Å². The van der Waals surface area contributed by atoms with Gasteiger partial charge >= 0.3 is 0 Å². The Bertz CT molecular complexity index is 500. The van der Waals surface area contributed by atoms with Crippen LogP contribution in [0.2, 0.25) is 5.02 Å². The molecule has 0 amide bonds. The van der Waals surface area contributed by atoms with E-state index >= 15 is 0 Å². The third-order valence-electron chi connectivity index (χ3n) is 3.02. The molecule has 0 aliphatic rings. The third kappa shape index (κ3) is 3.25. The lowest BCUT2D eigenvalue weighted by Crippen LogP contribution is -2.04. The van der Waals surface area contributed by atoms with Crippen LogP contribution in [0.25, 0.3) is 0 Å². The van der Waals surface area contributed by atoms with E-state index in [2.05, 4.69) is 11.9 Å². The van der Waals surface area contributed by atoms with Gasteiger partial charge in [-0.2, -0.15) is 0 Å². The van der Waals surface area contributed by atoms with Gasteiger partial charge in [0.15, 0.2) is 0 Å². The average Bonchev–Trinajstić information content (AvgIpc) is 2.67. The molecule has 96 valence electrons. The van der Waals surface area contributed by atoms with Gasteiger partial charge in [-0.15, -0.1) is 22.9 Å². The van der Waals surface area contributed by atoms with Crippen LogP contribution in [-0.4, -0.2) is 10.9 Å². The molecule has 1 nitrogen and oxygen atoms in total. The summed E-state index contributed by atoms with van der Waals surface area (Å²) in [5.74, 6) is 0.896. The summed E-state index contributed by atoms with van der Waals surface area (Å²) in [7, 11) is 0. The van der Waals surface area contributed by atoms with Crippen LogP contribution in [0.5, 0.6) is 0 Å². The van der Waals surface area contributed by atoms with Crippen molar-refractivity contribution >= 4 is 34.5 Å². The molecule has 2 rings (SSSR count). The van der Waals surface area contributed by atoms with Crippen LogP contribution >= 0.6 is 34.5 Å². The fourth-order valence-corrected chi connectivity index (χ4v) is 3.26. The molecule has 0 bridgehead atoms. The van der Waals surface area contributed by atoms with Gasteiger partial charge in [0.25, 0.3) is 0 Å². The molecule has 0 spiro atoms. The van der Waals surface area contributed by atoms with E-state index in [0.717, 1.165) is 22.1 Å². The zero-order valence-electron chi connectivity index (χ0n) is 10.4. The van der Waals surface area contributed by atoms with Crippen LogP contribution in [-0.2, 0) is 6.42 Å². The maximum atomic E-state index is 6.08. The Balaban J connectivity index is 2.16. The Morgan fingerprint density at radius 1 is 1.22 bits per heavy atom. The van der Waals surface area contributed by atoms with Crippen molar-refractivity contribution in [1.82, 2.24) is 4.98 Å². The zero-order chi connectivity index (χ0) is 13.1. The second kappa shape index (κ2) is 6.05. The molecule has 0 fully saturated rings. The minimum absolute atomic E-state index is 0.300. The van der Waals surface area contributed by atoms with Gasteiger partial charge < -0.3 is 0 Å². The highest BCUT2D eigenvalue weighted by molar-refractivity contribution is 7.11. The summed E-state index contributed by atoms with van der Waals surface area (Å²) >= 11 is 13.7. The summed E-state index contributed by atoms with van der Waals surface area (Å²) in [6.07, 6.45) is 0.893. The molecule has 0 aliphatic carbocycles. The molecule has 4 heteroatoms. The van der Waals surface area contributed by atoms with E-state index < -0.39 is 0 Å². The van der Waals surface area contributed by atoms with Gasteiger partial charge in [-0.05, 0) is 31.5 Å². The first-order valence-electron chi connectivity index (χ1n) is 5.84. The molecule has 0 radical (unpaired) electrons. The molecular formula is C14H15Cl2NS. The highest BCUT2D eigenvalue weighted by Gasteiger charge is 2.14. The van der Waals surface area contributed by atoms with Crippen molar-refractivity contribution in [2.75, 3.05) is 5.88 Å². The fraction of sp³-hybridized carbons (Fsp3) is 0.357. The largest absolute Gasteiger partial charge is 0.246 e. The summed E-state index contributed by atoms with van der Waals surface area (Å²) in [4.78, 5) is 5.86. The number of rotatable bonds is 4. The van der Waals surface area contributed by atoms with Gasteiger partial charge in [0.2, 0.25) is 0 Å². The lowest BCUT2D eigenvalue weighted by molar-refractivity contribution is 0.759. The quantitative estimate of drug-likeness (QED) is 0.726. The normalized spacial score (nSPS) is 12.7. The first kappa shape index (κ1) is 13.9. The SMILES string of the molecule is Cc1nc(CC(CCl)c2ccc(Cl)cc2)sc1C. The second-order valence-corrected chi connectivity index (χ2v) is 6.39. The molecule has 0 N–H and O–H groups in total. The van der Waals surface area contributed by atoms with Crippen LogP contribution in [0.3, 0.4) is 0 Å². The number of alkyl halides is 1. The van der Waals surface area contributed by atoms with Gasteiger partial charge in [0.05, 0.1) is 10.7 Å². The van der Waals surface area contributed by atoms with E-state index in [1.54, 1.807) is 11.3 Å². The number of benzene rings is 1. The Labute approximate surface area is 122 Å². The summed E-state index contributed by atoms with van der Waals surface area (Å²) in [6, 6.07) is 7.91. The lowest BCUT2D eigenvalue weighted by atomic mass is 9.98. The maximum absolute atomic E-state index is 6.08. The highest BCUT2D eigenvalue weighted by Crippen LogP contribution is 2.27. The topological polar surface area (TPSA) is 12.9 Å². The van der Waals surface area contributed by atoms with E-state index in [-0.39, 0.29) is 0 Å². The van der Waals surface area contributed by atoms with E-state index in [9.17, 15) is 0 Å². The first-order valence-corrected chi connectivity index (χ1v) is 7.57. The van der Waals surface area contributed by atoms with Gasteiger partial charge in [0.1, 0.15) is 0 Å². The predicted molar refractivity (Wildman–Crippen MR) is 80.2 cm³/mol. The molecule has 1 atom stereocenters. The number of nitrogens with zero attached hydrogens (tertiary/aromatic N) is 1. The van der Waals surface area contributed by atoms with Crippen LogP contribution in [0.4, 0.5) is 0 Å². The van der Waals surface area contributed by atoms with E-state index in [1.807, 2.05) is 31.2 Å². The van der Waals surface area contributed by atoms with Crippen molar-refractivity contribution in [1.29, 1.82) is 0 Å². The molecule has 0 saturated carbocycles. The smallest absolute Gasteiger partial charge is 0.0937 e. The number of aromatic nitrogens is 1. The molecule has 18 heavy (non-hydrogen) atoms. The monoisotopic (exact) mass is 299 g/mol. The molecule has 1 unspecified atom stereocenters. The third-order valence-corrected chi connectivity index (χ3v) is 4.74. The summed E-state index contributed by atoms with van der Waals surface area (Å²) in [6.45, 7) is 4.15. The Kier molecular flexibility index (Phi) is 4.66. The molecular weight excluding hydrogens is 285 g/mol. The summed E-state index contributed by atoms with van der Waals surface area (Å²) < 4.78 is 0. The number of hydrogen-bond acceptors (Lipinski definition) is 2. The van der Waals surface area contributed by atoms with Crippen molar-refractivity contribution < 1.29 is 0 Å². The number of halogens is 2. The van der Waals surface area contributed by atoms with E-state index in [1.165, 1.54) is 10.4 Å². The zero-order valence-corrected chi connectivity index (χ0v) is 12.7. The number of thiazole rings is 1. The molecule has 1 aromatic heterocycles. The number of hydrogen-bond donors (Lipinski definition) is 0. The Morgan fingerprint density at radius 2 is 1.89 bits per heavy atom. The average molecular weight is 300 g/mol. The first-order chi connectivity index (χ1) is 8.60. The van der Waals surface area contributed by atoms with Crippen molar-refractivity contribution in [3.8, 4) is 0 Å². The fourth-order valence-electron chi connectivity index (χ4n) is 1.83. The standard InChI is InChI=1S/C14H15Cl2NS/c1-9-10(2)18-14(17-9)7-12(8-15)11-3-5-13(16)6-4-11/h3-6,12H,7-8H2,1-2H3. The van der Waals surface area contributed by atoms with Gasteiger partial charge in [-0.3, -0.25) is 0 Å². The van der Waals surface area contributed by atoms with Crippen molar-refractivity contribution in [2.24, 2.45) is 0 Å². The molecule has 1 heterocycles. The van der Waals surface area contributed by atoms with Gasteiger partial charge in [-0.1, -0.05) is 23.7 Å². The predicted octanol–water partition coefficient (Wildman–Crippen LogP) is 4.98. The molecule has 1 aromatic carbocycles. The van der Waals surface area contributed by atoms with Crippen LogP contribution in [0, 0.1) is 13.8 Å². The minimum atomic E-state index is 0.300. The van der Waals surface area contributed by atoms with Crippen molar-refractivity contribution in [3.63, 3.8) is 0 Å². The minimum Gasteiger partial charge on any atom is -0.246 e. The molecule has 2 aromatic rings. The van der Waals surface area contributed by atoms with Crippen molar-refractivity contribution in [3.05, 3.63) is 50.4 Å². The van der Waals surface area contributed by atoms with Gasteiger partial charge in [0, 0.05) is 28.1 Å². The lowest BCUT2D eigenvalue weighted by Gasteiger charge is -2.12. The van der Waals surface area contributed by atoms with Gasteiger partial charge in [-0.25, -0.2) is 4.98 Å². The molecule has 0 saturated heterocycles. The number of aryl methyl sites for hydroxylation is 2. The van der Waals surface area contributed by atoms with Crippen LogP contribution in [0.1, 0.15) is 27.1 Å². The summed E-state index contributed by atoms with van der Waals surface area (Å²) in [5.41, 5.74) is 2.35. The Morgan fingerprint density at radius 3 is 2.39 bits per heavy atom. The van der Waals surface area contributed by atoms with E-state index in [0.29, 0.717) is 11.8 Å². The highest BCUT2D eigenvalue weighted by atomic mass is 35.5. The maximum Gasteiger partial charge on any atom is 0.0937 e. The van der Waals surface area contributed by atoms with Crippen molar-refractivity contribution in [2.45, 2.75) is 26.2 Å². The van der Waals surface area contributed by atoms with Crippen LogP contribution < -0.4 is 0 Å².